The average molecular weight is 356 g/mol. The molecule has 0 saturated heterocycles. The maximum atomic E-state index is 8.94. The van der Waals surface area contributed by atoms with Crippen LogP contribution in [0.3, 0.4) is 0 Å². The summed E-state index contributed by atoms with van der Waals surface area (Å²) >= 11 is 0. The van der Waals surface area contributed by atoms with Crippen molar-refractivity contribution in [2.75, 3.05) is 13.7 Å². The highest BCUT2D eigenvalue weighted by Gasteiger charge is 2.14. The van der Waals surface area contributed by atoms with Crippen LogP contribution in [0.4, 0.5) is 0 Å². The molecule has 3 aromatic rings. The Morgan fingerprint density at radius 2 is 1.88 bits per heavy atom. The van der Waals surface area contributed by atoms with Gasteiger partial charge in [-0.25, -0.2) is 0 Å². The van der Waals surface area contributed by atoms with E-state index in [0.29, 0.717) is 12.1 Å². The van der Waals surface area contributed by atoms with Crippen molar-refractivity contribution >= 4 is 23.3 Å². The molecule has 1 heterocycles. The molecule has 2 aromatic carbocycles. The van der Waals surface area contributed by atoms with Gasteiger partial charge >= 0.3 is 0 Å². The summed E-state index contributed by atoms with van der Waals surface area (Å²) in [6.45, 7) is 3.53. The van der Waals surface area contributed by atoms with E-state index in [1.807, 2.05) is 30.3 Å². The average Bonchev–Trinajstić information content (AvgIpc) is 2.88. The van der Waals surface area contributed by atoms with Gasteiger partial charge in [-0.05, 0) is 61.3 Å². The monoisotopic (exact) mass is 355 g/mol. The van der Waals surface area contributed by atoms with E-state index in [-0.39, 0.29) is 12.4 Å². The number of rotatable bonds is 5. The van der Waals surface area contributed by atoms with E-state index < -0.39 is 0 Å². The zero-order chi connectivity index (χ0) is 17.1. The maximum Gasteiger partial charge on any atom is 0.119 e. The number of methoxy groups -OCH3 is 1. The second kappa shape index (κ2) is 8.06. The van der Waals surface area contributed by atoms with Gasteiger partial charge < -0.3 is 15.0 Å². The largest absolute Gasteiger partial charge is 0.497 e. The third kappa shape index (κ3) is 3.63. The Hall–Kier alpha value is -2.48. The molecule has 130 valence electrons. The summed E-state index contributed by atoms with van der Waals surface area (Å²) < 4.78 is 7.68. The molecule has 0 aliphatic carbocycles. The van der Waals surface area contributed by atoms with Crippen LogP contribution < -0.4 is 10.5 Å². The van der Waals surface area contributed by atoms with Gasteiger partial charge in [0.05, 0.1) is 18.7 Å². The van der Waals surface area contributed by atoms with Crippen molar-refractivity contribution in [3.63, 3.8) is 0 Å². The lowest BCUT2D eigenvalue weighted by molar-refractivity contribution is 0.415. The lowest BCUT2D eigenvalue weighted by Crippen LogP contribution is -2.06. The van der Waals surface area contributed by atoms with Crippen molar-refractivity contribution in [3.05, 3.63) is 64.8 Å². The summed E-state index contributed by atoms with van der Waals surface area (Å²) in [4.78, 5) is 0. The standard InChI is InChI=1S/C20H21N3O.ClH/c1-14-18(9-10-21)19-11-17(24-2)7-8-20(19)23(14)13-16-5-3-15(12-22)4-6-16;/h3-8,11H,9-10,13,21H2,1-2H3;1H. The van der Waals surface area contributed by atoms with Crippen LogP contribution in [-0.2, 0) is 13.0 Å². The summed E-state index contributed by atoms with van der Waals surface area (Å²) in [7, 11) is 1.68. The Morgan fingerprint density at radius 1 is 1.16 bits per heavy atom. The number of nitrogens with two attached hydrogens (primary N) is 1. The Labute approximate surface area is 154 Å². The second-order valence-electron chi connectivity index (χ2n) is 5.88. The second-order valence-corrected chi connectivity index (χ2v) is 5.88. The number of hydrogen-bond acceptors (Lipinski definition) is 3. The summed E-state index contributed by atoms with van der Waals surface area (Å²) in [5.74, 6) is 0.858. The highest BCUT2D eigenvalue weighted by molar-refractivity contribution is 5.87. The van der Waals surface area contributed by atoms with Crippen molar-refractivity contribution < 1.29 is 4.74 Å². The lowest BCUT2D eigenvalue weighted by atomic mass is 10.1. The molecule has 0 fully saturated rings. The molecule has 0 spiro atoms. The predicted molar refractivity (Wildman–Crippen MR) is 103 cm³/mol. The zero-order valence-corrected chi connectivity index (χ0v) is 15.3. The smallest absolute Gasteiger partial charge is 0.119 e. The zero-order valence-electron chi connectivity index (χ0n) is 14.5. The minimum atomic E-state index is 0. The van der Waals surface area contributed by atoms with Crippen LogP contribution in [0.15, 0.2) is 42.5 Å². The van der Waals surface area contributed by atoms with Gasteiger partial charge in [0.15, 0.2) is 0 Å². The van der Waals surface area contributed by atoms with E-state index in [2.05, 4.69) is 29.7 Å². The normalized spacial score (nSPS) is 10.3. The predicted octanol–water partition coefficient (Wildman–Crippen LogP) is 3.80. The Balaban J connectivity index is 0.00000225. The Bertz CT molecular complexity index is 907. The fourth-order valence-electron chi connectivity index (χ4n) is 3.19. The summed E-state index contributed by atoms with van der Waals surface area (Å²) in [6.07, 6.45) is 0.843. The molecule has 0 bridgehead atoms. The number of nitriles is 1. The number of fused-ring (bicyclic) bond motifs is 1. The van der Waals surface area contributed by atoms with Gasteiger partial charge in [-0.2, -0.15) is 5.26 Å². The maximum absolute atomic E-state index is 8.94. The summed E-state index contributed by atoms with van der Waals surface area (Å²) in [5.41, 5.74) is 11.4. The van der Waals surface area contributed by atoms with Crippen LogP contribution >= 0.6 is 12.4 Å². The minimum absolute atomic E-state index is 0. The van der Waals surface area contributed by atoms with Gasteiger partial charge in [0.2, 0.25) is 0 Å². The number of ether oxygens (including phenoxy) is 1. The van der Waals surface area contributed by atoms with Gasteiger partial charge in [0.1, 0.15) is 5.75 Å². The van der Waals surface area contributed by atoms with Crippen LogP contribution in [0.25, 0.3) is 10.9 Å². The summed E-state index contributed by atoms with van der Waals surface area (Å²) in [6, 6.07) is 16.1. The van der Waals surface area contributed by atoms with E-state index in [1.54, 1.807) is 7.11 Å². The third-order valence-corrected chi connectivity index (χ3v) is 4.48. The van der Waals surface area contributed by atoms with E-state index in [0.717, 1.165) is 18.7 Å². The van der Waals surface area contributed by atoms with Crippen molar-refractivity contribution in [1.29, 1.82) is 5.26 Å². The summed E-state index contributed by atoms with van der Waals surface area (Å²) in [5, 5.41) is 10.1. The fraction of sp³-hybridized carbons (Fsp3) is 0.250. The first-order valence-corrected chi connectivity index (χ1v) is 8.02. The molecule has 2 N–H and O–H groups in total. The van der Waals surface area contributed by atoms with Crippen LogP contribution in [0, 0.1) is 18.3 Å². The van der Waals surface area contributed by atoms with Gasteiger partial charge in [-0.1, -0.05) is 12.1 Å². The molecule has 0 amide bonds. The van der Waals surface area contributed by atoms with Crippen LogP contribution in [-0.4, -0.2) is 18.2 Å². The minimum Gasteiger partial charge on any atom is -0.497 e. The number of benzene rings is 2. The van der Waals surface area contributed by atoms with Crippen LogP contribution in [0.5, 0.6) is 5.75 Å². The first kappa shape index (κ1) is 18.9. The van der Waals surface area contributed by atoms with Crippen molar-refractivity contribution in [3.8, 4) is 11.8 Å². The molecule has 0 unspecified atom stereocenters. The molecule has 0 radical (unpaired) electrons. The van der Waals surface area contributed by atoms with Gasteiger partial charge in [-0.3, -0.25) is 0 Å². The van der Waals surface area contributed by atoms with Crippen molar-refractivity contribution in [1.82, 2.24) is 4.57 Å². The highest BCUT2D eigenvalue weighted by atomic mass is 35.5. The SMILES string of the molecule is COc1ccc2c(c1)c(CCN)c(C)n2Cc1ccc(C#N)cc1.Cl. The molecule has 0 saturated carbocycles. The Morgan fingerprint density at radius 3 is 2.48 bits per heavy atom. The first-order chi connectivity index (χ1) is 11.7. The van der Waals surface area contributed by atoms with E-state index in [4.69, 9.17) is 15.7 Å². The molecular formula is C20H22ClN3O. The first-order valence-electron chi connectivity index (χ1n) is 8.02. The van der Waals surface area contributed by atoms with Crippen LogP contribution in [0.1, 0.15) is 22.4 Å². The van der Waals surface area contributed by atoms with Crippen molar-refractivity contribution in [2.24, 2.45) is 5.73 Å². The number of halogens is 1. The molecule has 0 aliphatic heterocycles. The molecule has 5 heteroatoms. The number of hydrogen-bond donors (Lipinski definition) is 1. The molecule has 0 atom stereocenters. The molecule has 0 aliphatic rings. The van der Waals surface area contributed by atoms with Crippen LogP contribution in [0.2, 0.25) is 0 Å². The quantitative estimate of drug-likeness (QED) is 0.757. The van der Waals surface area contributed by atoms with E-state index in [1.165, 1.54) is 27.7 Å². The lowest BCUT2D eigenvalue weighted by Gasteiger charge is -2.09. The third-order valence-electron chi connectivity index (χ3n) is 4.48. The molecule has 1 aromatic heterocycles. The van der Waals surface area contributed by atoms with Gasteiger partial charge in [-0.15, -0.1) is 12.4 Å². The van der Waals surface area contributed by atoms with E-state index >= 15 is 0 Å². The Kier molecular flexibility index (Phi) is 6.08. The van der Waals surface area contributed by atoms with E-state index in [9.17, 15) is 0 Å². The van der Waals surface area contributed by atoms with Crippen molar-refractivity contribution in [2.45, 2.75) is 19.9 Å². The fourth-order valence-corrected chi connectivity index (χ4v) is 3.19. The van der Waals surface area contributed by atoms with Gasteiger partial charge in [0, 0.05) is 23.1 Å². The molecule has 3 rings (SSSR count). The number of nitrogens with zero attached hydrogens (tertiary/aromatic N) is 2. The molecule has 25 heavy (non-hydrogen) atoms. The number of aromatic nitrogens is 1. The molecule has 4 nitrogen and oxygen atoms in total. The topological polar surface area (TPSA) is 64.0 Å². The van der Waals surface area contributed by atoms with Gasteiger partial charge in [0.25, 0.3) is 0 Å². The highest BCUT2D eigenvalue weighted by Crippen LogP contribution is 2.30. The molecular weight excluding hydrogens is 334 g/mol.